The van der Waals surface area contributed by atoms with E-state index in [1.807, 2.05) is 0 Å². The van der Waals surface area contributed by atoms with Crippen LogP contribution < -0.4 is 5.01 Å². The van der Waals surface area contributed by atoms with Crippen molar-refractivity contribution in [2.45, 2.75) is 18.2 Å². The van der Waals surface area contributed by atoms with Crippen LogP contribution >= 0.6 is 15.9 Å². The van der Waals surface area contributed by atoms with Crippen LogP contribution in [0.1, 0.15) is 13.3 Å². The Kier molecular flexibility index (Phi) is 3.26. The summed E-state index contributed by atoms with van der Waals surface area (Å²) in [6.45, 7) is 1.74. The Bertz CT molecular complexity index is 654. The van der Waals surface area contributed by atoms with E-state index in [4.69, 9.17) is 4.55 Å². The summed E-state index contributed by atoms with van der Waals surface area (Å²) in [5.41, 5.74) is 1.13. The molecule has 1 aromatic carbocycles. The number of hydrazone groups is 1. The van der Waals surface area contributed by atoms with Gasteiger partial charge in [-0.3, -0.25) is 9.35 Å². The SMILES string of the molecule is CC1=NN(c2ccc(S(=O)(=O)O)c(Br)c2)C(=O)C1. The van der Waals surface area contributed by atoms with Gasteiger partial charge in [-0.15, -0.1) is 0 Å². The lowest BCUT2D eigenvalue weighted by Gasteiger charge is -2.12. The minimum absolute atomic E-state index is 0.176. The summed E-state index contributed by atoms with van der Waals surface area (Å²) in [5.74, 6) is -0.181. The van der Waals surface area contributed by atoms with Crippen LogP contribution in [0.2, 0.25) is 0 Å². The molecule has 1 aliphatic rings. The standard InChI is InChI=1S/C10H9BrN2O4S/c1-6-4-10(14)13(12-6)7-2-3-9(8(11)5-7)18(15,16)17/h2-3,5H,4H2,1H3,(H,15,16,17). The third kappa shape index (κ3) is 2.45. The zero-order chi connectivity index (χ0) is 13.5. The summed E-state index contributed by atoms with van der Waals surface area (Å²) in [5, 5.41) is 5.24. The zero-order valence-electron chi connectivity index (χ0n) is 9.29. The topological polar surface area (TPSA) is 87.0 Å². The molecule has 0 aromatic heterocycles. The average molecular weight is 333 g/mol. The van der Waals surface area contributed by atoms with Gasteiger partial charge >= 0.3 is 0 Å². The molecule has 6 nitrogen and oxygen atoms in total. The van der Waals surface area contributed by atoms with Crippen molar-refractivity contribution in [2.24, 2.45) is 5.10 Å². The van der Waals surface area contributed by atoms with Crippen molar-refractivity contribution in [1.82, 2.24) is 0 Å². The van der Waals surface area contributed by atoms with E-state index in [0.29, 0.717) is 11.4 Å². The summed E-state index contributed by atoms with van der Waals surface area (Å²) >= 11 is 3.04. The van der Waals surface area contributed by atoms with E-state index in [0.717, 1.165) is 0 Å². The highest BCUT2D eigenvalue weighted by atomic mass is 79.9. The highest BCUT2D eigenvalue weighted by molar-refractivity contribution is 9.10. The molecule has 1 heterocycles. The van der Waals surface area contributed by atoms with Crippen LogP contribution in [-0.2, 0) is 14.9 Å². The van der Waals surface area contributed by atoms with Gasteiger partial charge in [0, 0.05) is 10.2 Å². The number of carbonyl (C=O) groups is 1. The number of rotatable bonds is 2. The monoisotopic (exact) mass is 332 g/mol. The Hall–Kier alpha value is -1.25. The van der Waals surface area contributed by atoms with Gasteiger partial charge in [-0.2, -0.15) is 13.5 Å². The Morgan fingerprint density at radius 2 is 2.11 bits per heavy atom. The summed E-state index contributed by atoms with van der Waals surface area (Å²) in [6.07, 6.45) is 0.248. The van der Waals surface area contributed by atoms with Gasteiger partial charge in [0.15, 0.2) is 0 Å². The second kappa shape index (κ2) is 4.45. The Balaban J connectivity index is 2.45. The molecule has 96 valence electrons. The summed E-state index contributed by atoms with van der Waals surface area (Å²) in [4.78, 5) is 11.4. The fourth-order valence-electron chi connectivity index (χ4n) is 1.59. The van der Waals surface area contributed by atoms with E-state index in [9.17, 15) is 13.2 Å². The van der Waals surface area contributed by atoms with Crippen LogP contribution in [0.5, 0.6) is 0 Å². The minimum atomic E-state index is -4.28. The van der Waals surface area contributed by atoms with Crippen molar-refractivity contribution in [3.8, 4) is 0 Å². The number of hydrogen-bond acceptors (Lipinski definition) is 4. The van der Waals surface area contributed by atoms with E-state index in [-0.39, 0.29) is 21.7 Å². The minimum Gasteiger partial charge on any atom is -0.282 e. The number of carbonyl (C=O) groups excluding carboxylic acids is 1. The van der Waals surface area contributed by atoms with Crippen molar-refractivity contribution in [1.29, 1.82) is 0 Å². The number of nitrogens with zero attached hydrogens (tertiary/aromatic N) is 2. The van der Waals surface area contributed by atoms with E-state index in [1.165, 1.54) is 23.2 Å². The molecule has 0 saturated carbocycles. The van der Waals surface area contributed by atoms with Gasteiger partial charge in [0.2, 0.25) is 0 Å². The largest absolute Gasteiger partial charge is 0.295 e. The van der Waals surface area contributed by atoms with Gasteiger partial charge in [-0.1, -0.05) is 0 Å². The molecule has 2 rings (SSSR count). The van der Waals surface area contributed by atoms with Crippen LogP contribution in [0, 0.1) is 0 Å². The molecule has 0 aliphatic carbocycles. The maximum absolute atomic E-state index is 11.6. The molecular weight excluding hydrogens is 324 g/mol. The van der Waals surface area contributed by atoms with E-state index < -0.39 is 10.1 Å². The first kappa shape index (κ1) is 13.2. The second-order valence-corrected chi connectivity index (χ2v) is 6.05. The molecule has 0 atom stereocenters. The van der Waals surface area contributed by atoms with Gasteiger partial charge in [0.1, 0.15) is 4.90 Å². The number of halogens is 1. The number of amides is 1. The van der Waals surface area contributed by atoms with Crippen molar-refractivity contribution in [2.75, 3.05) is 5.01 Å². The van der Waals surface area contributed by atoms with Crippen molar-refractivity contribution in [3.05, 3.63) is 22.7 Å². The van der Waals surface area contributed by atoms with Gasteiger partial charge in [-0.25, -0.2) is 5.01 Å². The Morgan fingerprint density at radius 3 is 2.56 bits per heavy atom. The lowest BCUT2D eigenvalue weighted by Crippen LogP contribution is -2.19. The smallest absolute Gasteiger partial charge is 0.282 e. The molecule has 1 aromatic rings. The predicted octanol–water partition coefficient (Wildman–Crippen LogP) is 1.81. The number of benzene rings is 1. The molecule has 0 fully saturated rings. The van der Waals surface area contributed by atoms with E-state index in [2.05, 4.69) is 21.0 Å². The molecule has 0 spiro atoms. The van der Waals surface area contributed by atoms with Crippen LogP contribution in [-0.4, -0.2) is 24.6 Å². The third-order valence-electron chi connectivity index (χ3n) is 2.35. The van der Waals surface area contributed by atoms with Crippen LogP contribution in [0.25, 0.3) is 0 Å². The second-order valence-electron chi connectivity index (χ2n) is 3.81. The van der Waals surface area contributed by atoms with Gasteiger partial charge in [-0.05, 0) is 41.1 Å². The normalized spacial score (nSPS) is 16.1. The zero-order valence-corrected chi connectivity index (χ0v) is 11.7. The molecular formula is C10H9BrN2O4S. The molecule has 18 heavy (non-hydrogen) atoms. The molecule has 1 amide bonds. The average Bonchev–Trinajstić information content (AvgIpc) is 2.55. The highest BCUT2D eigenvalue weighted by Crippen LogP contribution is 2.29. The van der Waals surface area contributed by atoms with Crippen molar-refractivity contribution in [3.63, 3.8) is 0 Å². The first-order valence-corrected chi connectivity index (χ1v) is 7.16. The molecule has 1 aliphatic heterocycles. The maximum atomic E-state index is 11.6. The molecule has 0 bridgehead atoms. The predicted molar refractivity (Wildman–Crippen MR) is 69.2 cm³/mol. The fourth-order valence-corrected chi connectivity index (χ4v) is 3.11. The van der Waals surface area contributed by atoms with Gasteiger partial charge < -0.3 is 0 Å². The first-order valence-electron chi connectivity index (χ1n) is 4.93. The van der Waals surface area contributed by atoms with Crippen LogP contribution in [0.4, 0.5) is 5.69 Å². The van der Waals surface area contributed by atoms with Crippen LogP contribution in [0.3, 0.4) is 0 Å². The molecule has 0 radical (unpaired) electrons. The van der Waals surface area contributed by atoms with Gasteiger partial charge in [0.25, 0.3) is 16.0 Å². The van der Waals surface area contributed by atoms with Crippen LogP contribution in [0.15, 0.2) is 32.7 Å². The van der Waals surface area contributed by atoms with E-state index in [1.54, 1.807) is 6.92 Å². The maximum Gasteiger partial charge on any atom is 0.295 e. The Labute approximate surface area is 112 Å². The molecule has 8 heteroatoms. The molecule has 0 saturated heterocycles. The highest BCUT2D eigenvalue weighted by Gasteiger charge is 2.24. The fraction of sp³-hybridized carbons (Fsp3) is 0.200. The third-order valence-corrected chi connectivity index (χ3v) is 4.18. The number of hydrogen-bond donors (Lipinski definition) is 1. The summed E-state index contributed by atoms with van der Waals surface area (Å²) < 4.78 is 31.2. The van der Waals surface area contributed by atoms with Crippen molar-refractivity contribution >= 4 is 43.4 Å². The Morgan fingerprint density at radius 1 is 1.44 bits per heavy atom. The summed E-state index contributed by atoms with van der Waals surface area (Å²) in [6, 6.07) is 4.04. The quantitative estimate of drug-likeness (QED) is 0.836. The van der Waals surface area contributed by atoms with Crippen molar-refractivity contribution < 1.29 is 17.8 Å². The molecule has 0 unspecified atom stereocenters. The van der Waals surface area contributed by atoms with Gasteiger partial charge in [0.05, 0.1) is 12.1 Å². The first-order chi connectivity index (χ1) is 8.29. The van der Waals surface area contributed by atoms with E-state index >= 15 is 0 Å². The lowest BCUT2D eigenvalue weighted by atomic mass is 10.3. The molecule has 1 N–H and O–H groups in total. The number of anilines is 1. The lowest BCUT2D eigenvalue weighted by molar-refractivity contribution is -0.116. The summed E-state index contributed by atoms with van der Waals surface area (Å²) in [7, 11) is -4.28.